The molecule has 1 heteroatoms. The predicted molar refractivity (Wildman–Crippen MR) is 159 cm³/mol. The molecule has 4 rings (SSSR count). The van der Waals surface area contributed by atoms with Gasteiger partial charge in [-0.2, -0.15) is 0 Å². The Morgan fingerprint density at radius 2 is 1.08 bits per heavy atom. The second-order valence-corrected chi connectivity index (χ2v) is 12.5. The fourth-order valence-corrected chi connectivity index (χ4v) is 5.69. The van der Waals surface area contributed by atoms with E-state index >= 15 is 0 Å². The van der Waals surface area contributed by atoms with Gasteiger partial charge in [-0.3, -0.25) is 0 Å². The summed E-state index contributed by atoms with van der Waals surface area (Å²) in [5.74, 6) is 0. The Hall–Kier alpha value is -2.64. The van der Waals surface area contributed by atoms with Crippen molar-refractivity contribution < 1.29 is 0 Å². The van der Waals surface area contributed by atoms with Crippen LogP contribution in [0.2, 0.25) is 0 Å². The lowest BCUT2D eigenvalue weighted by Crippen LogP contribution is -2.36. The van der Waals surface area contributed by atoms with Crippen molar-refractivity contribution in [2.75, 3.05) is 0 Å². The van der Waals surface area contributed by atoms with Crippen LogP contribution in [0.4, 0.5) is 0 Å². The second-order valence-electron chi connectivity index (χ2n) is 12.5. The van der Waals surface area contributed by atoms with Crippen molar-refractivity contribution in [1.82, 2.24) is 0 Å². The third kappa shape index (κ3) is 5.09. The van der Waals surface area contributed by atoms with Crippen LogP contribution in [0.3, 0.4) is 0 Å². The zero-order valence-electron chi connectivity index (χ0n) is 23.8. The Bertz CT molecular complexity index is 1340. The molecular weight excluding hydrogens is 434 g/mol. The first-order chi connectivity index (χ1) is 17.0. The summed E-state index contributed by atoms with van der Waals surface area (Å²) in [6.07, 6.45) is 4.11. The molecule has 0 bridgehead atoms. The fourth-order valence-electron chi connectivity index (χ4n) is 5.69. The van der Waals surface area contributed by atoms with Crippen molar-refractivity contribution in [2.45, 2.75) is 97.9 Å². The molecule has 190 valence electrons. The molecule has 0 heterocycles. The smallest absolute Gasteiger partial charge is 0.0265 e. The van der Waals surface area contributed by atoms with Crippen LogP contribution >= 0.6 is 0 Å². The van der Waals surface area contributed by atoms with E-state index in [2.05, 4.69) is 116 Å². The first-order valence-electron chi connectivity index (χ1n) is 13.8. The van der Waals surface area contributed by atoms with Gasteiger partial charge >= 0.3 is 0 Å². The van der Waals surface area contributed by atoms with Gasteiger partial charge in [0.25, 0.3) is 0 Å². The minimum Gasteiger partial charge on any atom is -0.324 e. The largest absolute Gasteiger partial charge is 0.324 e. The van der Waals surface area contributed by atoms with Crippen molar-refractivity contribution in [3.63, 3.8) is 0 Å². The van der Waals surface area contributed by atoms with Gasteiger partial charge in [-0.15, -0.1) is 0 Å². The average molecular weight is 480 g/mol. The SMILES string of the molecule is CCC1=c2c(-c3ccc(C(C)(C)C)cc3)ccc(-c3ccc(C(C)(C)C)cc3)c2=C(CC)C(N)CC1. The number of hydrogen-bond donors (Lipinski definition) is 1. The van der Waals surface area contributed by atoms with Crippen LogP contribution in [0.5, 0.6) is 0 Å². The zero-order chi connectivity index (χ0) is 26.3. The van der Waals surface area contributed by atoms with Crippen LogP contribution in [0.1, 0.15) is 92.2 Å². The van der Waals surface area contributed by atoms with Crippen molar-refractivity contribution >= 4 is 11.1 Å². The summed E-state index contributed by atoms with van der Waals surface area (Å²) in [6.45, 7) is 18.2. The molecule has 1 unspecified atom stereocenters. The van der Waals surface area contributed by atoms with Crippen LogP contribution in [-0.2, 0) is 10.8 Å². The van der Waals surface area contributed by atoms with E-state index in [0.29, 0.717) is 0 Å². The lowest BCUT2D eigenvalue weighted by atomic mass is 9.84. The van der Waals surface area contributed by atoms with Crippen LogP contribution < -0.4 is 16.2 Å². The number of benzene rings is 3. The number of hydrogen-bond acceptors (Lipinski definition) is 1. The summed E-state index contributed by atoms with van der Waals surface area (Å²) < 4.78 is 0. The van der Waals surface area contributed by atoms with Crippen LogP contribution in [0, 0.1) is 0 Å². The molecule has 3 aromatic rings. The Morgan fingerprint density at radius 3 is 1.47 bits per heavy atom. The Labute approximate surface area is 219 Å². The summed E-state index contributed by atoms with van der Waals surface area (Å²) in [7, 11) is 0. The van der Waals surface area contributed by atoms with E-state index in [1.54, 1.807) is 0 Å². The van der Waals surface area contributed by atoms with Gasteiger partial charge < -0.3 is 5.73 Å². The summed E-state index contributed by atoms with van der Waals surface area (Å²) in [5.41, 5.74) is 18.1. The van der Waals surface area contributed by atoms with Crippen molar-refractivity contribution in [1.29, 1.82) is 0 Å². The summed E-state index contributed by atoms with van der Waals surface area (Å²) >= 11 is 0. The third-order valence-corrected chi connectivity index (χ3v) is 8.02. The molecule has 1 aliphatic rings. The summed E-state index contributed by atoms with van der Waals surface area (Å²) in [6, 6.07) is 23.3. The van der Waals surface area contributed by atoms with Crippen molar-refractivity contribution in [3.05, 3.63) is 82.2 Å². The quantitative estimate of drug-likeness (QED) is 0.405. The second kappa shape index (κ2) is 10.0. The van der Waals surface area contributed by atoms with E-state index in [-0.39, 0.29) is 16.9 Å². The Balaban J connectivity index is 2.06. The highest BCUT2D eigenvalue weighted by molar-refractivity contribution is 5.78. The fraction of sp³-hybridized carbons (Fsp3) is 0.429. The Kier molecular flexibility index (Phi) is 7.35. The maximum absolute atomic E-state index is 6.86. The number of nitrogens with two attached hydrogens (primary N) is 1. The van der Waals surface area contributed by atoms with E-state index < -0.39 is 0 Å². The normalized spacial score (nSPS) is 16.6. The van der Waals surface area contributed by atoms with Crippen LogP contribution in [0.25, 0.3) is 33.4 Å². The molecule has 36 heavy (non-hydrogen) atoms. The highest BCUT2D eigenvalue weighted by atomic mass is 14.6. The van der Waals surface area contributed by atoms with E-state index in [1.165, 1.54) is 55.0 Å². The third-order valence-electron chi connectivity index (χ3n) is 8.02. The van der Waals surface area contributed by atoms with E-state index in [0.717, 1.165) is 25.7 Å². The highest BCUT2D eigenvalue weighted by Crippen LogP contribution is 2.30. The maximum atomic E-state index is 6.86. The standard InChI is InChI=1S/C35H45N/c1-9-23-15-22-31(36)28(10-2)33-30(25-13-18-27(19-14-25)35(6,7)8)21-20-29(32(23)33)24-11-16-26(17-12-24)34(3,4)5/h11-14,16-21,31H,9-10,15,22,36H2,1-8H3. The molecule has 1 nitrogen and oxygen atoms in total. The van der Waals surface area contributed by atoms with Gasteiger partial charge in [0.2, 0.25) is 0 Å². The molecular formula is C35H45N. The van der Waals surface area contributed by atoms with E-state index in [1.807, 2.05) is 0 Å². The van der Waals surface area contributed by atoms with Crippen molar-refractivity contribution in [3.8, 4) is 22.3 Å². The zero-order valence-corrected chi connectivity index (χ0v) is 23.8. The molecule has 0 radical (unpaired) electrons. The van der Waals surface area contributed by atoms with Gasteiger partial charge in [0.05, 0.1) is 0 Å². The monoisotopic (exact) mass is 479 g/mol. The number of rotatable bonds is 4. The van der Waals surface area contributed by atoms with Gasteiger partial charge in [0.15, 0.2) is 0 Å². The van der Waals surface area contributed by atoms with Gasteiger partial charge in [0, 0.05) is 6.04 Å². The van der Waals surface area contributed by atoms with Gasteiger partial charge in [-0.05, 0) is 85.9 Å². The maximum Gasteiger partial charge on any atom is 0.0265 e. The van der Waals surface area contributed by atoms with Gasteiger partial charge in [-0.25, -0.2) is 0 Å². The molecule has 0 saturated heterocycles. The highest BCUT2D eigenvalue weighted by Gasteiger charge is 2.21. The van der Waals surface area contributed by atoms with E-state index in [4.69, 9.17) is 5.73 Å². The topological polar surface area (TPSA) is 26.0 Å². The number of fused-ring (bicyclic) bond motifs is 1. The lowest BCUT2D eigenvalue weighted by Gasteiger charge is -2.21. The first-order valence-corrected chi connectivity index (χ1v) is 13.8. The minimum absolute atomic E-state index is 0.101. The first kappa shape index (κ1) is 26.4. The molecule has 0 saturated carbocycles. The molecule has 0 aromatic heterocycles. The molecule has 0 spiro atoms. The molecule has 1 aliphatic carbocycles. The van der Waals surface area contributed by atoms with Gasteiger partial charge in [0.1, 0.15) is 0 Å². The van der Waals surface area contributed by atoms with E-state index in [9.17, 15) is 0 Å². The summed E-state index contributed by atoms with van der Waals surface area (Å²) in [4.78, 5) is 0. The van der Waals surface area contributed by atoms with Gasteiger partial charge in [-0.1, -0.05) is 122 Å². The molecule has 1 atom stereocenters. The van der Waals surface area contributed by atoms with Crippen LogP contribution in [-0.4, -0.2) is 6.04 Å². The molecule has 0 amide bonds. The average Bonchev–Trinajstić information content (AvgIpc) is 2.98. The van der Waals surface area contributed by atoms with Crippen LogP contribution in [0.15, 0.2) is 60.7 Å². The molecule has 2 N–H and O–H groups in total. The van der Waals surface area contributed by atoms with Crippen molar-refractivity contribution in [2.24, 2.45) is 5.73 Å². The molecule has 3 aromatic carbocycles. The summed E-state index contributed by atoms with van der Waals surface area (Å²) in [5, 5.41) is 2.82. The predicted octanol–water partition coefficient (Wildman–Crippen LogP) is 7.86. The Morgan fingerprint density at radius 1 is 0.639 bits per heavy atom. The molecule has 0 fully saturated rings. The lowest BCUT2D eigenvalue weighted by molar-refractivity contribution is 0.590. The minimum atomic E-state index is 0.101. The molecule has 0 aliphatic heterocycles.